The van der Waals surface area contributed by atoms with Crippen molar-refractivity contribution >= 4 is 38.3 Å². The van der Waals surface area contributed by atoms with E-state index in [9.17, 15) is 14.9 Å². The van der Waals surface area contributed by atoms with Gasteiger partial charge < -0.3 is 0 Å². The van der Waals surface area contributed by atoms with E-state index in [1.165, 1.54) is 28.4 Å². The lowest BCUT2D eigenvalue weighted by molar-refractivity contribution is -0.385. The molecule has 8 heteroatoms. The number of anilines is 1. The molecule has 0 saturated carbocycles. The third-order valence-corrected chi connectivity index (χ3v) is 5.96. The lowest BCUT2D eigenvalue weighted by atomic mass is 10.0. The fourth-order valence-corrected chi connectivity index (χ4v) is 4.38. The van der Waals surface area contributed by atoms with E-state index in [0.717, 1.165) is 15.8 Å². The first-order valence-corrected chi connectivity index (χ1v) is 10.6. The fourth-order valence-electron chi connectivity index (χ4n) is 3.38. The van der Waals surface area contributed by atoms with Gasteiger partial charge >= 0.3 is 0 Å². The number of carbonyl (C=O) groups excluding carboxylic acids is 1. The monoisotopic (exact) mass is 432 g/mol. The minimum Gasteiger partial charge on any atom is -0.278 e. The lowest BCUT2D eigenvalue weighted by Crippen LogP contribution is -2.31. The number of benzene rings is 2. The number of rotatable bonds is 6. The third kappa shape index (κ3) is 4.15. The van der Waals surface area contributed by atoms with E-state index in [4.69, 9.17) is 4.98 Å². The SMILES string of the molecule is CC(C)c1cccc2sc(N(Cc3ccccn3)C(=O)c3ccccc3[N+](=O)[O-])nc12. The van der Waals surface area contributed by atoms with Crippen LogP contribution < -0.4 is 4.90 Å². The summed E-state index contributed by atoms with van der Waals surface area (Å²) in [7, 11) is 0. The molecule has 0 N–H and O–H groups in total. The molecule has 0 saturated heterocycles. The van der Waals surface area contributed by atoms with Crippen LogP contribution in [0.3, 0.4) is 0 Å². The van der Waals surface area contributed by atoms with Crippen molar-refractivity contribution in [3.05, 3.63) is 93.8 Å². The Hall–Kier alpha value is -3.65. The van der Waals surface area contributed by atoms with Gasteiger partial charge in [0, 0.05) is 12.3 Å². The zero-order valence-corrected chi connectivity index (χ0v) is 17.9. The average molecular weight is 433 g/mol. The molecule has 2 aromatic heterocycles. The van der Waals surface area contributed by atoms with Crippen molar-refractivity contribution in [1.82, 2.24) is 9.97 Å². The van der Waals surface area contributed by atoms with Crippen molar-refractivity contribution in [2.45, 2.75) is 26.3 Å². The van der Waals surface area contributed by atoms with Crippen LogP contribution >= 0.6 is 11.3 Å². The fraction of sp³-hybridized carbons (Fsp3) is 0.174. The molecule has 0 unspecified atom stereocenters. The van der Waals surface area contributed by atoms with Gasteiger partial charge in [0.25, 0.3) is 11.6 Å². The van der Waals surface area contributed by atoms with Gasteiger partial charge in [0.2, 0.25) is 0 Å². The molecule has 7 nitrogen and oxygen atoms in total. The van der Waals surface area contributed by atoms with Gasteiger partial charge in [-0.05, 0) is 35.7 Å². The van der Waals surface area contributed by atoms with E-state index >= 15 is 0 Å². The Kier molecular flexibility index (Phi) is 5.73. The predicted molar refractivity (Wildman–Crippen MR) is 122 cm³/mol. The standard InChI is InChI=1S/C23H20N4O3S/c1-15(2)17-10-7-12-20-21(17)25-23(31-20)26(14-16-8-5-6-13-24-16)22(28)18-9-3-4-11-19(18)27(29)30/h3-13,15H,14H2,1-2H3. The Morgan fingerprint density at radius 2 is 1.87 bits per heavy atom. The second-order valence-electron chi connectivity index (χ2n) is 7.33. The van der Waals surface area contributed by atoms with E-state index in [2.05, 4.69) is 18.8 Å². The van der Waals surface area contributed by atoms with Crippen molar-refractivity contribution in [1.29, 1.82) is 0 Å². The molecule has 2 heterocycles. The average Bonchev–Trinajstić information content (AvgIpc) is 3.21. The molecule has 31 heavy (non-hydrogen) atoms. The van der Waals surface area contributed by atoms with Crippen molar-refractivity contribution < 1.29 is 9.72 Å². The number of hydrogen-bond donors (Lipinski definition) is 0. The van der Waals surface area contributed by atoms with E-state index in [-0.39, 0.29) is 23.7 Å². The highest BCUT2D eigenvalue weighted by Crippen LogP contribution is 2.35. The van der Waals surface area contributed by atoms with Gasteiger partial charge in [-0.3, -0.25) is 24.8 Å². The maximum absolute atomic E-state index is 13.5. The van der Waals surface area contributed by atoms with E-state index in [1.807, 2.05) is 30.3 Å². The maximum Gasteiger partial charge on any atom is 0.282 e. The van der Waals surface area contributed by atoms with Gasteiger partial charge in [-0.15, -0.1) is 0 Å². The van der Waals surface area contributed by atoms with Crippen molar-refractivity contribution in [3.63, 3.8) is 0 Å². The molecule has 0 atom stereocenters. The quantitative estimate of drug-likeness (QED) is 0.293. The van der Waals surface area contributed by atoms with Crippen LogP contribution in [-0.2, 0) is 6.54 Å². The number of thiazole rings is 1. The molecule has 0 bridgehead atoms. The highest BCUT2D eigenvalue weighted by Gasteiger charge is 2.28. The van der Waals surface area contributed by atoms with Crippen LogP contribution in [0.15, 0.2) is 66.9 Å². The summed E-state index contributed by atoms with van der Waals surface area (Å²) in [6.07, 6.45) is 1.65. The van der Waals surface area contributed by atoms with Gasteiger partial charge in [0.15, 0.2) is 5.13 Å². The van der Waals surface area contributed by atoms with Crippen molar-refractivity contribution in [2.75, 3.05) is 4.90 Å². The molecule has 0 aliphatic heterocycles. The van der Waals surface area contributed by atoms with Crippen LogP contribution in [0.4, 0.5) is 10.8 Å². The Labute approximate surface area is 183 Å². The summed E-state index contributed by atoms with van der Waals surface area (Å²) in [5.41, 5.74) is 2.39. The molecule has 2 aromatic carbocycles. The van der Waals surface area contributed by atoms with Crippen molar-refractivity contribution in [3.8, 4) is 0 Å². The van der Waals surface area contributed by atoms with Gasteiger partial charge in [-0.25, -0.2) is 4.98 Å². The van der Waals surface area contributed by atoms with Gasteiger partial charge in [-0.2, -0.15) is 0 Å². The largest absolute Gasteiger partial charge is 0.282 e. The van der Waals surface area contributed by atoms with Gasteiger partial charge in [-0.1, -0.05) is 55.5 Å². The number of nitro groups is 1. The second kappa shape index (κ2) is 8.61. The molecule has 0 fully saturated rings. The number of nitrogens with zero attached hydrogens (tertiary/aromatic N) is 4. The summed E-state index contributed by atoms with van der Waals surface area (Å²) in [4.78, 5) is 35.1. The first kappa shape index (κ1) is 20.6. The van der Waals surface area contributed by atoms with Crippen LogP contribution in [0.1, 0.15) is 41.4 Å². The summed E-state index contributed by atoms with van der Waals surface area (Å²) in [6.45, 7) is 4.35. The molecule has 0 radical (unpaired) electrons. The highest BCUT2D eigenvalue weighted by atomic mass is 32.1. The molecule has 4 aromatic rings. The van der Waals surface area contributed by atoms with Crippen molar-refractivity contribution in [2.24, 2.45) is 0 Å². The van der Waals surface area contributed by atoms with Crippen LogP contribution in [-0.4, -0.2) is 20.8 Å². The number of hydrogen-bond acceptors (Lipinski definition) is 6. The summed E-state index contributed by atoms with van der Waals surface area (Å²) >= 11 is 1.39. The molecule has 0 spiro atoms. The normalized spacial score (nSPS) is 11.1. The molecule has 156 valence electrons. The molecule has 0 aliphatic rings. The summed E-state index contributed by atoms with van der Waals surface area (Å²) < 4.78 is 0.961. The van der Waals surface area contributed by atoms with Crippen LogP contribution in [0.5, 0.6) is 0 Å². The number of aromatic nitrogens is 2. The van der Waals surface area contributed by atoms with Crippen LogP contribution in [0.25, 0.3) is 10.2 Å². The number of pyridine rings is 1. The number of fused-ring (bicyclic) bond motifs is 1. The highest BCUT2D eigenvalue weighted by molar-refractivity contribution is 7.22. The van der Waals surface area contributed by atoms with Crippen LogP contribution in [0, 0.1) is 10.1 Å². The molecular formula is C23H20N4O3S. The van der Waals surface area contributed by atoms with E-state index < -0.39 is 10.8 Å². The first-order valence-electron chi connectivity index (χ1n) is 9.80. The van der Waals surface area contributed by atoms with Crippen LogP contribution in [0.2, 0.25) is 0 Å². The molecule has 1 amide bonds. The molecular weight excluding hydrogens is 412 g/mol. The second-order valence-corrected chi connectivity index (χ2v) is 8.34. The van der Waals surface area contributed by atoms with Gasteiger partial charge in [0.05, 0.1) is 27.4 Å². The first-order chi connectivity index (χ1) is 15.0. The summed E-state index contributed by atoms with van der Waals surface area (Å²) in [6, 6.07) is 17.4. The minimum absolute atomic E-state index is 0.0202. The number of para-hydroxylation sites is 2. The van der Waals surface area contributed by atoms with E-state index in [1.54, 1.807) is 24.4 Å². The Bertz CT molecular complexity index is 1250. The zero-order valence-electron chi connectivity index (χ0n) is 17.1. The Morgan fingerprint density at radius 1 is 1.10 bits per heavy atom. The molecule has 0 aliphatic carbocycles. The third-order valence-electron chi connectivity index (χ3n) is 4.91. The summed E-state index contributed by atoms with van der Waals surface area (Å²) in [5.74, 6) is -0.211. The zero-order chi connectivity index (χ0) is 22.0. The summed E-state index contributed by atoms with van der Waals surface area (Å²) in [5, 5.41) is 12.0. The lowest BCUT2D eigenvalue weighted by Gasteiger charge is -2.19. The predicted octanol–water partition coefficient (Wildman–Crippen LogP) is 5.57. The Morgan fingerprint density at radius 3 is 2.58 bits per heavy atom. The molecule has 4 rings (SSSR count). The minimum atomic E-state index is -0.540. The van der Waals surface area contributed by atoms with Gasteiger partial charge in [0.1, 0.15) is 5.56 Å². The number of carbonyl (C=O) groups is 1. The number of amides is 1. The topological polar surface area (TPSA) is 89.2 Å². The Balaban J connectivity index is 1.84. The number of nitro benzene ring substituents is 1. The van der Waals surface area contributed by atoms with E-state index in [0.29, 0.717) is 10.8 Å². The smallest absolute Gasteiger partial charge is 0.278 e. The maximum atomic E-state index is 13.5.